The van der Waals surface area contributed by atoms with Gasteiger partial charge in [0.25, 0.3) is 5.91 Å². The summed E-state index contributed by atoms with van der Waals surface area (Å²) in [5.41, 5.74) is 2.36. The van der Waals surface area contributed by atoms with Crippen LogP contribution in [0, 0.1) is 0 Å². The van der Waals surface area contributed by atoms with Gasteiger partial charge in [-0.1, -0.05) is 48.5 Å². The summed E-state index contributed by atoms with van der Waals surface area (Å²) >= 11 is 0. The van der Waals surface area contributed by atoms with Crippen molar-refractivity contribution in [1.29, 1.82) is 0 Å². The molecule has 0 spiro atoms. The van der Waals surface area contributed by atoms with Gasteiger partial charge in [-0.05, 0) is 55.2 Å². The van der Waals surface area contributed by atoms with Crippen molar-refractivity contribution in [2.75, 3.05) is 19.8 Å². The molecule has 6 rings (SSSR count). The molecule has 0 aliphatic carbocycles. The fraction of sp³-hybridized carbons (Fsp3) is 0.290. The summed E-state index contributed by atoms with van der Waals surface area (Å²) in [6.07, 6.45) is 1.74. The summed E-state index contributed by atoms with van der Waals surface area (Å²) in [6.45, 7) is 3.79. The molecule has 7 heteroatoms. The van der Waals surface area contributed by atoms with Crippen LogP contribution in [-0.2, 0) is 11.3 Å². The number of hydrogen-bond acceptors (Lipinski definition) is 6. The monoisotopic (exact) mass is 511 g/mol. The first kappa shape index (κ1) is 24.2. The Morgan fingerprint density at radius 2 is 1.76 bits per heavy atom. The summed E-state index contributed by atoms with van der Waals surface area (Å²) in [6, 6.07) is 21.9. The molecule has 0 bridgehead atoms. The average molecular weight is 512 g/mol. The normalized spacial score (nSPS) is 18.7. The maximum Gasteiger partial charge on any atom is 0.291 e. The molecule has 1 aromatic heterocycles. The van der Waals surface area contributed by atoms with Crippen LogP contribution < -0.4 is 14.9 Å². The van der Waals surface area contributed by atoms with Crippen LogP contribution in [0.4, 0.5) is 0 Å². The zero-order valence-corrected chi connectivity index (χ0v) is 21.2. The number of para-hydroxylation sites is 1. The molecule has 0 N–H and O–H groups in total. The highest BCUT2D eigenvalue weighted by Gasteiger charge is 2.44. The van der Waals surface area contributed by atoms with Crippen LogP contribution in [0.5, 0.6) is 11.5 Å². The van der Waals surface area contributed by atoms with E-state index in [2.05, 4.69) is 0 Å². The number of ether oxygens (including phenoxy) is 3. The first-order chi connectivity index (χ1) is 18.6. The fourth-order valence-corrected chi connectivity index (χ4v) is 5.33. The standard InChI is InChI=1S/C31H29NO6/c1-2-35-26-17-21(14-15-25(26)37-19-20-9-4-3-5-10-20)28-27-29(33)23-12-6-7-13-24(23)38-30(27)31(34)32(28)18-22-11-8-16-36-22/h3-7,9-10,12-15,17,22,28H,2,8,11,16,18-19H2,1H3. The third-order valence-corrected chi connectivity index (χ3v) is 7.12. The quantitative estimate of drug-likeness (QED) is 0.311. The zero-order valence-electron chi connectivity index (χ0n) is 21.2. The minimum atomic E-state index is -0.620. The highest BCUT2D eigenvalue weighted by atomic mass is 16.5. The average Bonchev–Trinajstić information content (AvgIpc) is 3.56. The third-order valence-electron chi connectivity index (χ3n) is 7.12. The maximum atomic E-state index is 13.7. The van der Waals surface area contributed by atoms with Crippen LogP contribution in [0.2, 0.25) is 0 Å². The summed E-state index contributed by atoms with van der Waals surface area (Å²) in [5.74, 6) is 0.953. The topological polar surface area (TPSA) is 78.2 Å². The summed E-state index contributed by atoms with van der Waals surface area (Å²) in [7, 11) is 0. The van der Waals surface area contributed by atoms with Crippen LogP contribution in [0.3, 0.4) is 0 Å². The number of fused-ring (bicyclic) bond motifs is 2. The van der Waals surface area contributed by atoms with Crippen LogP contribution in [0.15, 0.2) is 82.0 Å². The highest BCUT2D eigenvalue weighted by Crippen LogP contribution is 2.41. The van der Waals surface area contributed by atoms with E-state index in [1.54, 1.807) is 29.2 Å². The number of benzene rings is 3. The zero-order chi connectivity index (χ0) is 26.1. The van der Waals surface area contributed by atoms with Gasteiger partial charge < -0.3 is 23.5 Å². The Morgan fingerprint density at radius 3 is 2.55 bits per heavy atom. The molecule has 38 heavy (non-hydrogen) atoms. The lowest BCUT2D eigenvalue weighted by molar-refractivity contribution is 0.0486. The molecule has 1 amide bonds. The van der Waals surface area contributed by atoms with E-state index >= 15 is 0 Å². The van der Waals surface area contributed by atoms with Gasteiger partial charge in [-0.2, -0.15) is 0 Å². The summed E-state index contributed by atoms with van der Waals surface area (Å²) in [4.78, 5) is 29.1. The number of hydrogen-bond donors (Lipinski definition) is 0. The van der Waals surface area contributed by atoms with Gasteiger partial charge >= 0.3 is 0 Å². The number of rotatable bonds is 8. The lowest BCUT2D eigenvalue weighted by atomic mass is 9.97. The molecular weight excluding hydrogens is 482 g/mol. The van der Waals surface area contributed by atoms with Crippen LogP contribution >= 0.6 is 0 Å². The molecule has 1 fully saturated rings. The molecule has 3 heterocycles. The summed E-state index contributed by atoms with van der Waals surface area (Å²) < 4.78 is 24.0. The van der Waals surface area contributed by atoms with Crippen molar-refractivity contribution >= 4 is 16.9 Å². The molecule has 194 valence electrons. The fourth-order valence-electron chi connectivity index (χ4n) is 5.33. The molecule has 1 saturated heterocycles. The molecule has 2 aliphatic heterocycles. The Kier molecular flexibility index (Phi) is 6.60. The molecule has 2 unspecified atom stereocenters. The van der Waals surface area contributed by atoms with Crippen LogP contribution in [0.1, 0.15) is 53.1 Å². The van der Waals surface area contributed by atoms with Gasteiger partial charge in [0.1, 0.15) is 12.2 Å². The van der Waals surface area contributed by atoms with E-state index in [0.717, 1.165) is 24.0 Å². The smallest absolute Gasteiger partial charge is 0.291 e. The molecule has 7 nitrogen and oxygen atoms in total. The SMILES string of the molecule is CCOc1cc(C2c3c(oc4ccccc4c3=O)C(=O)N2CC2CCCO2)ccc1OCc1ccccc1. The minimum absolute atomic E-state index is 0.0832. The Morgan fingerprint density at radius 1 is 0.947 bits per heavy atom. The largest absolute Gasteiger partial charge is 0.490 e. The number of amides is 1. The lowest BCUT2D eigenvalue weighted by Crippen LogP contribution is -2.36. The molecular formula is C31H29NO6. The van der Waals surface area contributed by atoms with E-state index < -0.39 is 6.04 Å². The Bertz CT molecular complexity index is 1520. The molecule has 0 saturated carbocycles. The van der Waals surface area contributed by atoms with Crippen molar-refractivity contribution in [3.8, 4) is 11.5 Å². The predicted molar refractivity (Wildman–Crippen MR) is 143 cm³/mol. The van der Waals surface area contributed by atoms with E-state index in [1.807, 2.05) is 55.5 Å². The van der Waals surface area contributed by atoms with Crippen molar-refractivity contribution in [3.05, 3.63) is 105 Å². The van der Waals surface area contributed by atoms with Crippen LogP contribution in [-0.4, -0.2) is 36.7 Å². The van der Waals surface area contributed by atoms with Gasteiger partial charge in [-0.15, -0.1) is 0 Å². The van der Waals surface area contributed by atoms with Crippen molar-refractivity contribution in [1.82, 2.24) is 4.90 Å². The second-order valence-electron chi connectivity index (χ2n) is 9.58. The molecule has 2 aliphatic rings. The van der Waals surface area contributed by atoms with Crippen LogP contribution in [0.25, 0.3) is 11.0 Å². The Balaban J connectivity index is 1.42. The van der Waals surface area contributed by atoms with E-state index in [9.17, 15) is 9.59 Å². The number of carbonyl (C=O) groups excluding carboxylic acids is 1. The Labute approximate surface area is 220 Å². The first-order valence-corrected chi connectivity index (χ1v) is 13.1. The van der Waals surface area contributed by atoms with Gasteiger partial charge in [-0.25, -0.2) is 0 Å². The predicted octanol–water partition coefficient (Wildman–Crippen LogP) is 5.49. The number of carbonyl (C=O) groups is 1. The van der Waals surface area contributed by atoms with Gasteiger partial charge in [-0.3, -0.25) is 9.59 Å². The van der Waals surface area contributed by atoms with Crippen molar-refractivity contribution < 1.29 is 23.4 Å². The highest BCUT2D eigenvalue weighted by molar-refractivity contribution is 5.99. The van der Waals surface area contributed by atoms with E-state index in [1.165, 1.54) is 0 Å². The Hall–Kier alpha value is -4.10. The second kappa shape index (κ2) is 10.3. The van der Waals surface area contributed by atoms with Gasteiger partial charge in [0.2, 0.25) is 5.76 Å². The first-order valence-electron chi connectivity index (χ1n) is 13.1. The number of nitrogens with zero attached hydrogens (tertiary/aromatic N) is 1. The molecule has 3 aromatic carbocycles. The third kappa shape index (κ3) is 4.43. The van der Waals surface area contributed by atoms with E-state index in [0.29, 0.717) is 54.4 Å². The second-order valence-corrected chi connectivity index (χ2v) is 9.58. The molecule has 0 radical (unpaired) electrons. The van der Waals surface area contributed by atoms with Crippen molar-refractivity contribution in [2.24, 2.45) is 0 Å². The lowest BCUT2D eigenvalue weighted by Gasteiger charge is -2.28. The molecule has 2 atom stereocenters. The van der Waals surface area contributed by atoms with Crippen molar-refractivity contribution in [2.45, 2.75) is 38.5 Å². The summed E-state index contributed by atoms with van der Waals surface area (Å²) in [5, 5.41) is 0.455. The minimum Gasteiger partial charge on any atom is -0.490 e. The maximum absolute atomic E-state index is 13.7. The van der Waals surface area contributed by atoms with Gasteiger partial charge in [0.15, 0.2) is 16.9 Å². The van der Waals surface area contributed by atoms with E-state index in [-0.39, 0.29) is 23.2 Å². The van der Waals surface area contributed by atoms with E-state index in [4.69, 9.17) is 18.6 Å². The van der Waals surface area contributed by atoms with Gasteiger partial charge in [0, 0.05) is 13.2 Å². The molecule has 4 aromatic rings. The van der Waals surface area contributed by atoms with Crippen molar-refractivity contribution in [3.63, 3.8) is 0 Å². The van der Waals surface area contributed by atoms with Gasteiger partial charge in [0.05, 0.1) is 29.7 Å².